The molecule has 1 rings (SSSR count). The summed E-state index contributed by atoms with van der Waals surface area (Å²) in [6.45, 7) is 7.90. The smallest absolute Gasteiger partial charge is 0.240 e. The van der Waals surface area contributed by atoms with Crippen molar-refractivity contribution in [2.75, 3.05) is 6.54 Å². The van der Waals surface area contributed by atoms with Crippen molar-refractivity contribution in [2.24, 2.45) is 5.73 Å². The van der Waals surface area contributed by atoms with Gasteiger partial charge >= 0.3 is 0 Å². The molecule has 0 aliphatic heterocycles. The fourth-order valence-corrected chi connectivity index (χ4v) is 2.62. The summed E-state index contributed by atoms with van der Waals surface area (Å²) in [7, 11) is -3.47. The first-order valence-corrected chi connectivity index (χ1v) is 7.49. The van der Waals surface area contributed by atoms with Crippen LogP contribution in [0.4, 0.5) is 0 Å². The Morgan fingerprint density at radius 3 is 2.05 bits per heavy atom. The van der Waals surface area contributed by atoms with Gasteiger partial charge in [-0.05, 0) is 37.5 Å². The summed E-state index contributed by atoms with van der Waals surface area (Å²) in [5.41, 5.74) is 6.31. The molecular weight excluding hydrogens is 284 g/mol. The van der Waals surface area contributed by atoms with Crippen LogP contribution in [0.25, 0.3) is 0 Å². The molecule has 1 aromatic rings. The third-order valence-electron chi connectivity index (χ3n) is 2.57. The molecular formula is C13H23ClN2O2S. The molecule has 0 amide bonds. The quantitative estimate of drug-likeness (QED) is 0.876. The van der Waals surface area contributed by atoms with Gasteiger partial charge in [0.2, 0.25) is 10.0 Å². The molecule has 0 unspecified atom stereocenters. The van der Waals surface area contributed by atoms with E-state index in [-0.39, 0.29) is 23.8 Å². The lowest BCUT2D eigenvalue weighted by molar-refractivity contribution is 0.498. The van der Waals surface area contributed by atoms with Crippen LogP contribution in [-0.2, 0) is 10.0 Å². The minimum atomic E-state index is -3.47. The zero-order chi connectivity index (χ0) is 14.0. The van der Waals surface area contributed by atoms with E-state index in [4.69, 9.17) is 5.73 Å². The van der Waals surface area contributed by atoms with E-state index >= 15 is 0 Å². The summed E-state index contributed by atoms with van der Waals surface area (Å²) in [6, 6.07) is 6.93. The molecule has 0 aliphatic rings. The van der Waals surface area contributed by atoms with Gasteiger partial charge in [0.1, 0.15) is 0 Å². The zero-order valence-electron chi connectivity index (χ0n) is 11.8. The summed E-state index contributed by atoms with van der Waals surface area (Å²) < 4.78 is 26.5. The Morgan fingerprint density at radius 2 is 1.68 bits per heavy atom. The SMILES string of the molecule is CC(C)c1ccc(S(=O)(=O)NCC(C)(C)N)cc1.Cl. The third-order valence-corrected chi connectivity index (χ3v) is 3.99. The second-order valence-corrected chi connectivity index (χ2v) is 7.30. The lowest BCUT2D eigenvalue weighted by Gasteiger charge is -2.19. The summed E-state index contributed by atoms with van der Waals surface area (Å²) in [4.78, 5) is 0.274. The van der Waals surface area contributed by atoms with Crippen LogP contribution < -0.4 is 10.5 Å². The maximum Gasteiger partial charge on any atom is 0.240 e. The van der Waals surface area contributed by atoms with Crippen LogP contribution in [0.2, 0.25) is 0 Å². The maximum absolute atomic E-state index is 12.0. The molecule has 0 radical (unpaired) electrons. The highest BCUT2D eigenvalue weighted by Gasteiger charge is 2.18. The number of hydrogen-bond donors (Lipinski definition) is 2. The maximum atomic E-state index is 12.0. The third kappa shape index (κ3) is 5.91. The molecule has 4 nitrogen and oxygen atoms in total. The van der Waals surface area contributed by atoms with E-state index in [9.17, 15) is 8.42 Å². The van der Waals surface area contributed by atoms with Gasteiger partial charge < -0.3 is 5.73 Å². The first-order valence-electron chi connectivity index (χ1n) is 6.00. The van der Waals surface area contributed by atoms with Gasteiger partial charge in [-0.15, -0.1) is 12.4 Å². The number of nitrogens with two attached hydrogens (primary N) is 1. The van der Waals surface area contributed by atoms with Gasteiger partial charge in [-0.25, -0.2) is 13.1 Å². The Hall–Kier alpha value is -0.620. The topological polar surface area (TPSA) is 72.2 Å². The van der Waals surface area contributed by atoms with Gasteiger partial charge in [0.15, 0.2) is 0 Å². The van der Waals surface area contributed by atoms with Crippen LogP contribution in [0.5, 0.6) is 0 Å². The molecule has 0 atom stereocenters. The zero-order valence-corrected chi connectivity index (χ0v) is 13.4. The molecule has 110 valence electrons. The average molecular weight is 307 g/mol. The van der Waals surface area contributed by atoms with Crippen molar-refractivity contribution in [3.63, 3.8) is 0 Å². The van der Waals surface area contributed by atoms with Crippen molar-refractivity contribution in [2.45, 2.75) is 44.0 Å². The molecule has 0 spiro atoms. The Kier molecular flexibility index (Phi) is 6.48. The van der Waals surface area contributed by atoms with Crippen molar-refractivity contribution in [1.29, 1.82) is 0 Å². The van der Waals surface area contributed by atoms with Crippen LogP contribution in [0.1, 0.15) is 39.2 Å². The number of benzene rings is 1. The van der Waals surface area contributed by atoms with E-state index in [1.54, 1.807) is 26.0 Å². The first-order chi connectivity index (χ1) is 8.12. The summed E-state index contributed by atoms with van der Waals surface area (Å²) >= 11 is 0. The van der Waals surface area contributed by atoms with Crippen LogP contribution in [0, 0.1) is 0 Å². The van der Waals surface area contributed by atoms with E-state index in [0.29, 0.717) is 5.92 Å². The number of rotatable bonds is 5. The van der Waals surface area contributed by atoms with Crippen molar-refractivity contribution in [3.8, 4) is 0 Å². The van der Waals surface area contributed by atoms with Gasteiger partial charge in [-0.3, -0.25) is 0 Å². The van der Waals surface area contributed by atoms with Gasteiger partial charge in [-0.1, -0.05) is 26.0 Å². The van der Waals surface area contributed by atoms with Crippen LogP contribution in [0.3, 0.4) is 0 Å². The minimum Gasteiger partial charge on any atom is -0.324 e. The molecule has 19 heavy (non-hydrogen) atoms. The molecule has 0 aromatic heterocycles. The van der Waals surface area contributed by atoms with Crippen molar-refractivity contribution >= 4 is 22.4 Å². The largest absolute Gasteiger partial charge is 0.324 e. The van der Waals surface area contributed by atoms with E-state index in [2.05, 4.69) is 18.6 Å². The Bertz CT molecular complexity index is 490. The lowest BCUT2D eigenvalue weighted by atomic mass is 10.0. The summed E-state index contributed by atoms with van der Waals surface area (Å²) in [5, 5.41) is 0. The highest BCUT2D eigenvalue weighted by Crippen LogP contribution is 2.17. The van der Waals surface area contributed by atoms with Gasteiger partial charge in [-0.2, -0.15) is 0 Å². The minimum absolute atomic E-state index is 0. The van der Waals surface area contributed by atoms with E-state index < -0.39 is 15.6 Å². The molecule has 0 bridgehead atoms. The second-order valence-electron chi connectivity index (χ2n) is 5.54. The average Bonchev–Trinajstić information content (AvgIpc) is 2.26. The standard InChI is InChI=1S/C13H22N2O2S.ClH/c1-10(2)11-5-7-12(8-6-11)18(16,17)15-9-13(3,4)14;/h5-8,10,15H,9,14H2,1-4H3;1H. The molecule has 0 aliphatic carbocycles. The number of halogens is 1. The van der Waals surface area contributed by atoms with Crippen LogP contribution >= 0.6 is 12.4 Å². The lowest BCUT2D eigenvalue weighted by Crippen LogP contribution is -2.45. The number of nitrogens with one attached hydrogen (secondary N) is 1. The van der Waals surface area contributed by atoms with E-state index in [1.807, 2.05) is 12.1 Å². The second kappa shape index (κ2) is 6.70. The first kappa shape index (κ1) is 18.4. The Morgan fingerprint density at radius 1 is 1.21 bits per heavy atom. The highest BCUT2D eigenvalue weighted by atomic mass is 35.5. The number of hydrogen-bond acceptors (Lipinski definition) is 3. The fourth-order valence-electron chi connectivity index (χ4n) is 1.40. The van der Waals surface area contributed by atoms with E-state index in [0.717, 1.165) is 5.56 Å². The molecule has 0 heterocycles. The number of sulfonamides is 1. The normalized spacial score (nSPS) is 12.3. The van der Waals surface area contributed by atoms with Gasteiger partial charge in [0.05, 0.1) is 4.90 Å². The molecule has 6 heteroatoms. The highest BCUT2D eigenvalue weighted by molar-refractivity contribution is 7.89. The van der Waals surface area contributed by atoms with Crippen LogP contribution in [-0.4, -0.2) is 20.5 Å². The predicted molar refractivity (Wildman–Crippen MR) is 81.2 cm³/mol. The summed E-state index contributed by atoms with van der Waals surface area (Å²) in [5.74, 6) is 0.387. The molecule has 3 N–H and O–H groups in total. The molecule has 1 aromatic carbocycles. The van der Waals surface area contributed by atoms with Gasteiger partial charge in [0, 0.05) is 12.1 Å². The summed E-state index contributed by atoms with van der Waals surface area (Å²) in [6.07, 6.45) is 0. The fraction of sp³-hybridized carbons (Fsp3) is 0.538. The molecule has 0 saturated heterocycles. The van der Waals surface area contributed by atoms with Gasteiger partial charge in [0.25, 0.3) is 0 Å². The van der Waals surface area contributed by atoms with Crippen LogP contribution in [0.15, 0.2) is 29.2 Å². The predicted octanol–water partition coefficient (Wildman–Crippen LogP) is 2.25. The Balaban J connectivity index is 0.00000324. The molecule has 0 saturated carbocycles. The van der Waals surface area contributed by atoms with Crippen molar-refractivity contribution in [1.82, 2.24) is 4.72 Å². The molecule has 0 fully saturated rings. The van der Waals surface area contributed by atoms with Crippen molar-refractivity contribution < 1.29 is 8.42 Å². The van der Waals surface area contributed by atoms with E-state index in [1.165, 1.54) is 0 Å². The monoisotopic (exact) mass is 306 g/mol. The van der Waals surface area contributed by atoms with Crippen molar-refractivity contribution in [3.05, 3.63) is 29.8 Å². The Labute approximate surface area is 122 Å².